The van der Waals surface area contributed by atoms with E-state index < -0.39 is 10.0 Å². The molecular formula is C23H32ClN5O4S. The van der Waals surface area contributed by atoms with Crippen molar-refractivity contribution in [2.75, 3.05) is 33.2 Å². The fourth-order valence-electron chi connectivity index (χ4n) is 4.60. The fraction of sp³-hybridized carbons (Fsp3) is 0.609. The predicted octanol–water partition coefficient (Wildman–Crippen LogP) is 2.95. The quantitative estimate of drug-likeness (QED) is 0.539. The summed E-state index contributed by atoms with van der Waals surface area (Å²) in [5, 5.41) is 4.55. The number of hydrogen-bond acceptors (Lipinski definition) is 7. The Labute approximate surface area is 206 Å². The van der Waals surface area contributed by atoms with E-state index in [-0.39, 0.29) is 10.8 Å². The predicted molar refractivity (Wildman–Crippen MR) is 128 cm³/mol. The fourth-order valence-corrected chi connectivity index (χ4v) is 6.15. The average Bonchev–Trinajstić information content (AvgIpc) is 3.30. The molecule has 1 amide bonds. The molecule has 1 aromatic carbocycles. The highest BCUT2D eigenvalue weighted by atomic mass is 35.5. The van der Waals surface area contributed by atoms with Crippen LogP contribution >= 0.6 is 11.6 Å². The monoisotopic (exact) mass is 509 g/mol. The van der Waals surface area contributed by atoms with Gasteiger partial charge in [0.25, 0.3) is 0 Å². The number of sulfonamides is 1. The summed E-state index contributed by atoms with van der Waals surface area (Å²) in [6.07, 6.45) is 6.60. The summed E-state index contributed by atoms with van der Waals surface area (Å²) in [7, 11) is -1.65. The van der Waals surface area contributed by atoms with Crippen molar-refractivity contribution in [3.05, 3.63) is 41.0 Å². The number of halogens is 1. The number of nitrogens with zero attached hydrogens (tertiary/aromatic N) is 5. The highest BCUT2D eigenvalue weighted by Gasteiger charge is 2.29. The maximum Gasteiger partial charge on any atom is 0.243 e. The maximum absolute atomic E-state index is 12.8. The van der Waals surface area contributed by atoms with Gasteiger partial charge in [0.15, 0.2) is 5.82 Å². The average molecular weight is 510 g/mol. The normalized spacial score (nSPS) is 18.8. The zero-order valence-electron chi connectivity index (χ0n) is 19.5. The van der Waals surface area contributed by atoms with Crippen LogP contribution < -0.4 is 0 Å². The van der Waals surface area contributed by atoms with Crippen LogP contribution in [0.2, 0.25) is 5.02 Å². The molecule has 1 aliphatic carbocycles. The molecule has 11 heteroatoms. The highest BCUT2D eigenvalue weighted by molar-refractivity contribution is 7.89. The molecule has 1 aliphatic heterocycles. The number of rotatable bonds is 8. The van der Waals surface area contributed by atoms with Gasteiger partial charge in [0, 0.05) is 57.1 Å². The second kappa shape index (κ2) is 11.2. The molecule has 2 aliphatic rings. The zero-order valence-corrected chi connectivity index (χ0v) is 21.1. The molecule has 1 saturated carbocycles. The summed E-state index contributed by atoms with van der Waals surface area (Å²) in [6, 6.07) is 6.58. The Morgan fingerprint density at radius 2 is 1.79 bits per heavy atom. The van der Waals surface area contributed by atoms with E-state index in [0.717, 1.165) is 12.8 Å². The van der Waals surface area contributed by atoms with Gasteiger partial charge < -0.3 is 9.42 Å². The third kappa shape index (κ3) is 6.16. The first-order valence-electron chi connectivity index (χ1n) is 11.9. The summed E-state index contributed by atoms with van der Waals surface area (Å²) in [4.78, 5) is 21.2. The number of hydrogen-bond donors (Lipinski definition) is 0. The number of benzene rings is 1. The molecule has 2 fully saturated rings. The molecule has 2 heterocycles. The molecule has 34 heavy (non-hydrogen) atoms. The second-order valence-electron chi connectivity index (χ2n) is 9.03. The Balaban J connectivity index is 1.23. The van der Waals surface area contributed by atoms with Gasteiger partial charge in [-0.05, 0) is 37.1 Å². The van der Waals surface area contributed by atoms with Gasteiger partial charge in [0.2, 0.25) is 21.8 Å². The van der Waals surface area contributed by atoms with E-state index in [0.29, 0.717) is 68.3 Å². The van der Waals surface area contributed by atoms with Crippen molar-refractivity contribution in [3.63, 3.8) is 0 Å². The molecule has 1 saturated heterocycles. The summed E-state index contributed by atoms with van der Waals surface area (Å²) in [6.45, 7) is 2.40. The van der Waals surface area contributed by atoms with Gasteiger partial charge in [-0.25, -0.2) is 8.42 Å². The number of amides is 1. The largest absolute Gasteiger partial charge is 0.343 e. The smallest absolute Gasteiger partial charge is 0.243 e. The van der Waals surface area contributed by atoms with Gasteiger partial charge in [-0.2, -0.15) is 9.29 Å². The van der Waals surface area contributed by atoms with Crippen molar-refractivity contribution in [1.82, 2.24) is 24.2 Å². The Morgan fingerprint density at radius 3 is 2.47 bits per heavy atom. The van der Waals surface area contributed by atoms with Crippen molar-refractivity contribution in [3.8, 4) is 0 Å². The first-order valence-corrected chi connectivity index (χ1v) is 13.7. The molecule has 0 atom stereocenters. The SMILES string of the molecule is CN(C(=O)CCc1nc(CN2CCN(S(=O)(=O)c3ccc(Cl)cc3)CC2)no1)C1CCCCC1. The summed E-state index contributed by atoms with van der Waals surface area (Å²) in [5.74, 6) is 1.13. The third-order valence-electron chi connectivity index (χ3n) is 6.73. The lowest BCUT2D eigenvalue weighted by molar-refractivity contribution is -0.132. The number of aryl methyl sites for hydroxylation is 1. The molecule has 186 valence electrons. The van der Waals surface area contributed by atoms with Crippen molar-refractivity contribution >= 4 is 27.5 Å². The minimum absolute atomic E-state index is 0.115. The number of carbonyl (C=O) groups excluding carboxylic acids is 1. The van der Waals surface area contributed by atoms with Crippen LogP contribution in [0.1, 0.15) is 50.2 Å². The lowest BCUT2D eigenvalue weighted by atomic mass is 9.94. The van der Waals surface area contributed by atoms with Crippen LogP contribution in [-0.2, 0) is 27.8 Å². The highest BCUT2D eigenvalue weighted by Crippen LogP contribution is 2.23. The van der Waals surface area contributed by atoms with Crippen LogP contribution in [0.5, 0.6) is 0 Å². The first-order chi connectivity index (χ1) is 16.3. The molecule has 0 bridgehead atoms. The van der Waals surface area contributed by atoms with Gasteiger partial charge >= 0.3 is 0 Å². The van der Waals surface area contributed by atoms with Gasteiger partial charge in [-0.15, -0.1) is 0 Å². The Bertz CT molecular complexity index is 1060. The molecule has 0 unspecified atom stereocenters. The molecule has 4 rings (SSSR count). The second-order valence-corrected chi connectivity index (χ2v) is 11.4. The van der Waals surface area contributed by atoms with E-state index in [9.17, 15) is 13.2 Å². The number of aromatic nitrogens is 2. The minimum Gasteiger partial charge on any atom is -0.343 e. The van der Waals surface area contributed by atoms with E-state index in [1.165, 1.54) is 35.7 Å². The number of carbonyl (C=O) groups is 1. The molecule has 0 N–H and O–H groups in total. The van der Waals surface area contributed by atoms with Crippen molar-refractivity contribution in [2.45, 2.75) is 62.4 Å². The standard InChI is InChI=1S/C23H32ClN5O4S/c1-27(19-5-3-2-4-6-19)23(30)12-11-22-25-21(26-33-22)17-28-13-15-29(16-14-28)34(31,32)20-9-7-18(24)8-10-20/h7-10,19H,2-6,11-17H2,1H3. The van der Waals surface area contributed by atoms with Crippen molar-refractivity contribution in [2.24, 2.45) is 0 Å². The van der Waals surface area contributed by atoms with Crippen LogP contribution in [-0.4, -0.2) is 77.8 Å². The van der Waals surface area contributed by atoms with Crippen LogP contribution in [0.25, 0.3) is 0 Å². The van der Waals surface area contributed by atoms with E-state index in [4.69, 9.17) is 16.1 Å². The van der Waals surface area contributed by atoms with Crippen LogP contribution in [0, 0.1) is 0 Å². The van der Waals surface area contributed by atoms with E-state index in [1.807, 2.05) is 11.9 Å². The van der Waals surface area contributed by atoms with E-state index in [1.54, 1.807) is 12.1 Å². The Kier molecular flexibility index (Phi) is 8.23. The van der Waals surface area contributed by atoms with Crippen LogP contribution in [0.15, 0.2) is 33.7 Å². The van der Waals surface area contributed by atoms with Crippen LogP contribution in [0.4, 0.5) is 0 Å². The van der Waals surface area contributed by atoms with Gasteiger partial charge in [0.1, 0.15) is 0 Å². The van der Waals surface area contributed by atoms with Crippen molar-refractivity contribution in [1.29, 1.82) is 0 Å². The van der Waals surface area contributed by atoms with E-state index in [2.05, 4.69) is 15.0 Å². The lowest BCUT2D eigenvalue weighted by Gasteiger charge is -2.33. The van der Waals surface area contributed by atoms with E-state index >= 15 is 0 Å². The van der Waals surface area contributed by atoms with Gasteiger partial charge in [-0.1, -0.05) is 36.0 Å². The molecule has 1 aromatic heterocycles. The zero-order chi connectivity index (χ0) is 24.1. The molecule has 0 radical (unpaired) electrons. The summed E-state index contributed by atoms with van der Waals surface area (Å²) in [5.41, 5.74) is 0. The third-order valence-corrected chi connectivity index (χ3v) is 8.89. The minimum atomic E-state index is -3.54. The molecular weight excluding hydrogens is 478 g/mol. The molecule has 0 spiro atoms. The van der Waals surface area contributed by atoms with Crippen LogP contribution in [0.3, 0.4) is 0 Å². The van der Waals surface area contributed by atoms with Crippen molar-refractivity contribution < 1.29 is 17.7 Å². The van der Waals surface area contributed by atoms with Gasteiger partial charge in [0.05, 0.1) is 11.4 Å². The first kappa shape index (κ1) is 25.1. The molecule has 2 aromatic rings. The molecule has 9 nitrogen and oxygen atoms in total. The number of piperazine rings is 1. The lowest BCUT2D eigenvalue weighted by Crippen LogP contribution is -2.48. The maximum atomic E-state index is 12.8. The Morgan fingerprint density at radius 1 is 1.12 bits per heavy atom. The summed E-state index contributed by atoms with van der Waals surface area (Å²) >= 11 is 5.87. The summed E-state index contributed by atoms with van der Waals surface area (Å²) < 4.78 is 32.5. The van der Waals surface area contributed by atoms with Gasteiger partial charge in [-0.3, -0.25) is 9.69 Å². The Hall–Kier alpha value is -2.01. The topological polar surface area (TPSA) is 99.9 Å².